The minimum atomic E-state index is 0.786. The Labute approximate surface area is 80.0 Å². The third kappa shape index (κ3) is 2.94. The Hall–Kier alpha value is -1.24. The molecule has 0 amide bonds. The summed E-state index contributed by atoms with van der Waals surface area (Å²) in [6.07, 6.45) is 5.13. The van der Waals surface area contributed by atoms with Crippen LogP contribution in [-0.4, -0.2) is 6.61 Å². The highest BCUT2D eigenvalue weighted by Gasteiger charge is 1.97. The van der Waals surface area contributed by atoms with Crippen LogP contribution in [0.2, 0.25) is 0 Å². The summed E-state index contributed by atoms with van der Waals surface area (Å²) in [6.45, 7) is 4.91. The van der Waals surface area contributed by atoms with Gasteiger partial charge in [-0.3, -0.25) is 0 Å². The maximum atomic E-state index is 5.59. The van der Waals surface area contributed by atoms with Crippen LogP contribution in [0.3, 0.4) is 0 Å². The van der Waals surface area contributed by atoms with Gasteiger partial charge in [-0.05, 0) is 19.4 Å². The van der Waals surface area contributed by atoms with Crippen LogP contribution in [0, 0.1) is 0 Å². The van der Waals surface area contributed by atoms with Gasteiger partial charge in [0.1, 0.15) is 5.75 Å². The molecule has 13 heavy (non-hydrogen) atoms. The standard InChI is InChI=1S/C12H16O/c1-3-7-11-8-5-6-9-12(11)13-10-4-2/h3,5-9H,4,10H2,1-2H3/b7-3+. The van der Waals surface area contributed by atoms with Crippen LogP contribution < -0.4 is 4.74 Å². The summed E-state index contributed by atoms with van der Waals surface area (Å²) in [5, 5.41) is 0. The fourth-order valence-electron chi connectivity index (χ4n) is 1.14. The van der Waals surface area contributed by atoms with E-state index in [-0.39, 0.29) is 0 Å². The molecule has 0 fully saturated rings. The molecule has 0 saturated carbocycles. The number of para-hydroxylation sites is 1. The second kappa shape index (κ2) is 5.41. The van der Waals surface area contributed by atoms with E-state index in [0.29, 0.717) is 0 Å². The lowest BCUT2D eigenvalue weighted by molar-refractivity contribution is 0.317. The Morgan fingerprint density at radius 2 is 2.08 bits per heavy atom. The number of allylic oxidation sites excluding steroid dienone is 1. The molecule has 0 saturated heterocycles. The predicted octanol–water partition coefficient (Wildman–Crippen LogP) is 3.51. The molecule has 1 rings (SSSR count). The van der Waals surface area contributed by atoms with Gasteiger partial charge in [0, 0.05) is 5.56 Å². The Balaban J connectivity index is 2.78. The second-order valence-electron chi connectivity index (χ2n) is 2.89. The van der Waals surface area contributed by atoms with Gasteiger partial charge in [0.05, 0.1) is 6.61 Å². The third-order valence-corrected chi connectivity index (χ3v) is 1.73. The molecule has 0 spiro atoms. The molecule has 0 atom stereocenters. The Morgan fingerprint density at radius 3 is 2.77 bits per heavy atom. The van der Waals surface area contributed by atoms with Crippen molar-refractivity contribution in [3.63, 3.8) is 0 Å². The molecular weight excluding hydrogens is 160 g/mol. The highest BCUT2D eigenvalue weighted by atomic mass is 16.5. The van der Waals surface area contributed by atoms with Crippen LogP contribution in [0.5, 0.6) is 5.75 Å². The molecule has 0 aliphatic heterocycles. The van der Waals surface area contributed by atoms with E-state index in [2.05, 4.69) is 19.1 Å². The average molecular weight is 176 g/mol. The van der Waals surface area contributed by atoms with Crippen LogP contribution in [0.4, 0.5) is 0 Å². The van der Waals surface area contributed by atoms with Gasteiger partial charge >= 0.3 is 0 Å². The minimum Gasteiger partial charge on any atom is -0.493 e. The van der Waals surface area contributed by atoms with Crippen molar-refractivity contribution in [3.8, 4) is 5.75 Å². The van der Waals surface area contributed by atoms with Crippen LogP contribution in [0.25, 0.3) is 6.08 Å². The van der Waals surface area contributed by atoms with E-state index in [1.165, 1.54) is 0 Å². The first-order chi connectivity index (χ1) is 6.38. The molecule has 1 aromatic rings. The fraction of sp³-hybridized carbons (Fsp3) is 0.333. The molecular formula is C12H16O. The first-order valence-corrected chi connectivity index (χ1v) is 4.73. The minimum absolute atomic E-state index is 0.786. The number of ether oxygens (including phenoxy) is 1. The van der Waals surface area contributed by atoms with Crippen molar-refractivity contribution in [1.29, 1.82) is 0 Å². The van der Waals surface area contributed by atoms with Crippen molar-refractivity contribution in [1.82, 2.24) is 0 Å². The molecule has 1 aromatic carbocycles. The van der Waals surface area contributed by atoms with Crippen molar-refractivity contribution >= 4 is 6.08 Å². The fourth-order valence-corrected chi connectivity index (χ4v) is 1.14. The molecule has 70 valence electrons. The monoisotopic (exact) mass is 176 g/mol. The SMILES string of the molecule is C/C=C/c1ccccc1OCCC. The highest BCUT2D eigenvalue weighted by molar-refractivity contribution is 5.56. The van der Waals surface area contributed by atoms with E-state index >= 15 is 0 Å². The smallest absolute Gasteiger partial charge is 0.126 e. The van der Waals surface area contributed by atoms with Crippen molar-refractivity contribution in [2.24, 2.45) is 0 Å². The Bertz CT molecular complexity index is 276. The van der Waals surface area contributed by atoms with E-state index in [4.69, 9.17) is 4.74 Å². The van der Waals surface area contributed by atoms with E-state index in [0.717, 1.165) is 24.3 Å². The van der Waals surface area contributed by atoms with Gasteiger partial charge in [0.2, 0.25) is 0 Å². The van der Waals surface area contributed by atoms with Crippen molar-refractivity contribution in [2.75, 3.05) is 6.61 Å². The van der Waals surface area contributed by atoms with Gasteiger partial charge in [-0.25, -0.2) is 0 Å². The zero-order chi connectivity index (χ0) is 9.52. The molecule has 0 aliphatic rings. The summed E-state index contributed by atoms with van der Waals surface area (Å²) in [5.74, 6) is 0.974. The summed E-state index contributed by atoms with van der Waals surface area (Å²) in [6, 6.07) is 8.09. The van der Waals surface area contributed by atoms with Gasteiger partial charge < -0.3 is 4.74 Å². The van der Waals surface area contributed by atoms with Crippen molar-refractivity contribution < 1.29 is 4.74 Å². The molecule has 0 radical (unpaired) electrons. The second-order valence-corrected chi connectivity index (χ2v) is 2.89. The van der Waals surface area contributed by atoms with Crippen LogP contribution in [0.1, 0.15) is 25.8 Å². The van der Waals surface area contributed by atoms with Gasteiger partial charge in [-0.15, -0.1) is 0 Å². The van der Waals surface area contributed by atoms with Gasteiger partial charge in [-0.2, -0.15) is 0 Å². The molecule has 1 nitrogen and oxygen atoms in total. The predicted molar refractivity (Wildman–Crippen MR) is 56.9 cm³/mol. The van der Waals surface area contributed by atoms with Crippen LogP contribution >= 0.6 is 0 Å². The van der Waals surface area contributed by atoms with E-state index in [1.54, 1.807) is 0 Å². The molecule has 0 heterocycles. The van der Waals surface area contributed by atoms with Gasteiger partial charge in [0.25, 0.3) is 0 Å². The maximum absolute atomic E-state index is 5.59. The molecule has 0 N–H and O–H groups in total. The molecule has 1 heteroatoms. The molecule has 0 aliphatic carbocycles. The van der Waals surface area contributed by atoms with Crippen LogP contribution in [0.15, 0.2) is 30.3 Å². The van der Waals surface area contributed by atoms with E-state index in [1.807, 2.05) is 31.2 Å². The largest absolute Gasteiger partial charge is 0.493 e. The van der Waals surface area contributed by atoms with Crippen molar-refractivity contribution in [3.05, 3.63) is 35.9 Å². The summed E-state index contributed by atoms with van der Waals surface area (Å²) in [7, 11) is 0. The zero-order valence-corrected chi connectivity index (χ0v) is 8.29. The topological polar surface area (TPSA) is 9.23 Å². The Kier molecular flexibility index (Phi) is 4.10. The average Bonchev–Trinajstić information content (AvgIpc) is 2.17. The normalized spacial score (nSPS) is 10.6. The number of rotatable bonds is 4. The van der Waals surface area contributed by atoms with E-state index < -0.39 is 0 Å². The molecule has 0 unspecified atom stereocenters. The lowest BCUT2D eigenvalue weighted by Gasteiger charge is -2.07. The highest BCUT2D eigenvalue weighted by Crippen LogP contribution is 2.19. The van der Waals surface area contributed by atoms with Crippen LogP contribution in [-0.2, 0) is 0 Å². The van der Waals surface area contributed by atoms with Gasteiger partial charge in [-0.1, -0.05) is 37.3 Å². The summed E-state index contributed by atoms with van der Waals surface area (Å²) in [5.41, 5.74) is 1.15. The number of hydrogen-bond acceptors (Lipinski definition) is 1. The summed E-state index contributed by atoms with van der Waals surface area (Å²) in [4.78, 5) is 0. The number of hydrogen-bond donors (Lipinski definition) is 0. The first-order valence-electron chi connectivity index (χ1n) is 4.73. The van der Waals surface area contributed by atoms with E-state index in [9.17, 15) is 0 Å². The summed E-state index contributed by atoms with van der Waals surface area (Å²) >= 11 is 0. The Morgan fingerprint density at radius 1 is 1.31 bits per heavy atom. The maximum Gasteiger partial charge on any atom is 0.126 e. The lowest BCUT2D eigenvalue weighted by Crippen LogP contribution is -1.96. The summed E-state index contributed by atoms with van der Waals surface area (Å²) < 4.78 is 5.59. The molecule has 0 bridgehead atoms. The number of benzene rings is 1. The third-order valence-electron chi connectivity index (χ3n) is 1.73. The first kappa shape index (κ1) is 9.85. The molecule has 0 aromatic heterocycles. The zero-order valence-electron chi connectivity index (χ0n) is 8.29. The van der Waals surface area contributed by atoms with Gasteiger partial charge in [0.15, 0.2) is 0 Å². The lowest BCUT2D eigenvalue weighted by atomic mass is 10.2. The van der Waals surface area contributed by atoms with Crippen molar-refractivity contribution in [2.45, 2.75) is 20.3 Å². The quantitative estimate of drug-likeness (QED) is 0.682.